The van der Waals surface area contributed by atoms with Crippen LogP contribution < -0.4 is 0 Å². The van der Waals surface area contributed by atoms with Gasteiger partial charge in [0.2, 0.25) is 0 Å². The monoisotopic (exact) mass is 210 g/mol. The average molecular weight is 210 g/mol. The van der Waals surface area contributed by atoms with Gasteiger partial charge in [0.15, 0.2) is 0 Å². The third-order valence-electron chi connectivity index (χ3n) is 2.62. The summed E-state index contributed by atoms with van der Waals surface area (Å²) in [6, 6.07) is 0. The molecule has 0 bridgehead atoms. The molecule has 0 spiro atoms. The zero-order valence-electron chi connectivity index (χ0n) is 10.4. The van der Waals surface area contributed by atoms with Gasteiger partial charge in [0.1, 0.15) is 0 Å². The second-order valence-corrected chi connectivity index (χ2v) is 4.35. The van der Waals surface area contributed by atoms with Crippen LogP contribution in [0, 0.1) is 0 Å². The van der Waals surface area contributed by atoms with Crippen LogP contribution in [0.15, 0.2) is 17.9 Å². The van der Waals surface area contributed by atoms with Crippen LogP contribution in [0.5, 0.6) is 0 Å². The molecule has 88 valence electrons. The van der Waals surface area contributed by atoms with E-state index in [1.165, 1.54) is 44.1 Å². The number of hydrogen-bond acceptors (Lipinski definition) is 1. The third-order valence-corrected chi connectivity index (χ3v) is 2.62. The summed E-state index contributed by atoms with van der Waals surface area (Å²) in [7, 11) is 0. The van der Waals surface area contributed by atoms with Gasteiger partial charge in [-0.2, -0.15) is 0 Å². The maximum atomic E-state index is 9.24. The fourth-order valence-electron chi connectivity index (χ4n) is 1.74. The molecule has 1 unspecified atom stereocenters. The Morgan fingerprint density at radius 2 is 1.80 bits per heavy atom. The summed E-state index contributed by atoms with van der Waals surface area (Å²) in [5, 5.41) is 9.24. The molecule has 0 fully saturated rings. The molecule has 0 rings (SSSR count). The smallest absolute Gasteiger partial charge is 0.0555 e. The second kappa shape index (κ2) is 10.0. The number of hydrogen-bond donors (Lipinski definition) is 1. The van der Waals surface area contributed by atoms with E-state index in [-0.39, 0.29) is 6.10 Å². The Kier molecular flexibility index (Phi) is 9.67. The molecule has 0 aromatic carbocycles. The van der Waals surface area contributed by atoms with Gasteiger partial charge >= 0.3 is 0 Å². The molecule has 0 aliphatic carbocycles. The van der Waals surface area contributed by atoms with Gasteiger partial charge in [0.05, 0.1) is 6.10 Å². The largest absolute Gasteiger partial charge is 0.393 e. The molecule has 1 heteroatoms. The van der Waals surface area contributed by atoms with Crippen molar-refractivity contribution in [1.82, 2.24) is 0 Å². The molecule has 0 radical (unpaired) electrons. The molecule has 0 saturated carbocycles. The van der Waals surface area contributed by atoms with Crippen LogP contribution in [-0.4, -0.2) is 11.2 Å². The van der Waals surface area contributed by atoms with Gasteiger partial charge in [-0.3, -0.25) is 0 Å². The minimum absolute atomic E-state index is 0.255. The van der Waals surface area contributed by atoms with Gasteiger partial charge in [-0.15, -0.1) is 5.73 Å². The molecule has 15 heavy (non-hydrogen) atoms. The van der Waals surface area contributed by atoms with Crippen molar-refractivity contribution in [3.8, 4) is 0 Å². The van der Waals surface area contributed by atoms with E-state index in [0.29, 0.717) is 0 Å². The summed E-state index contributed by atoms with van der Waals surface area (Å²) in [4.78, 5) is 0. The Morgan fingerprint density at radius 1 is 1.20 bits per heavy atom. The minimum atomic E-state index is -0.255. The first-order chi connectivity index (χ1) is 7.20. The second-order valence-electron chi connectivity index (χ2n) is 4.35. The van der Waals surface area contributed by atoms with Crippen molar-refractivity contribution >= 4 is 0 Å². The van der Waals surface area contributed by atoms with Crippen molar-refractivity contribution in [2.75, 3.05) is 0 Å². The standard InChI is InChI=1S/C14H26O/c1-4-6-7-8-9-10-11-14(5-2)12-13(3)15/h13,15H,2,4,6-12H2,1,3H3. The van der Waals surface area contributed by atoms with Gasteiger partial charge in [-0.1, -0.05) is 45.6 Å². The fourth-order valence-corrected chi connectivity index (χ4v) is 1.74. The van der Waals surface area contributed by atoms with Crippen LogP contribution in [0.1, 0.15) is 65.2 Å². The highest BCUT2D eigenvalue weighted by molar-refractivity contribution is 5.00. The highest BCUT2D eigenvalue weighted by atomic mass is 16.3. The van der Waals surface area contributed by atoms with E-state index in [2.05, 4.69) is 19.2 Å². The molecule has 0 saturated heterocycles. The van der Waals surface area contributed by atoms with Crippen LogP contribution in [-0.2, 0) is 0 Å². The lowest BCUT2D eigenvalue weighted by molar-refractivity contribution is 0.194. The maximum absolute atomic E-state index is 9.24. The van der Waals surface area contributed by atoms with Gasteiger partial charge in [0, 0.05) is 6.42 Å². The Bertz CT molecular complexity index is 188. The molecule has 1 nitrogen and oxygen atoms in total. The quantitative estimate of drug-likeness (QED) is 0.446. The van der Waals surface area contributed by atoms with Gasteiger partial charge in [-0.25, -0.2) is 0 Å². The lowest BCUT2D eigenvalue weighted by Crippen LogP contribution is -2.00. The lowest BCUT2D eigenvalue weighted by Gasteiger charge is -2.07. The van der Waals surface area contributed by atoms with Crippen LogP contribution >= 0.6 is 0 Å². The summed E-state index contributed by atoms with van der Waals surface area (Å²) in [6.45, 7) is 7.72. The Labute approximate surface area is 94.9 Å². The van der Waals surface area contributed by atoms with Gasteiger partial charge in [-0.05, 0) is 25.3 Å². The highest BCUT2D eigenvalue weighted by Gasteiger charge is 2.01. The molecular formula is C14H26O. The summed E-state index contributed by atoms with van der Waals surface area (Å²) >= 11 is 0. The Hall–Kier alpha value is -0.520. The zero-order valence-corrected chi connectivity index (χ0v) is 10.4. The van der Waals surface area contributed by atoms with Crippen molar-refractivity contribution in [2.45, 2.75) is 71.3 Å². The van der Waals surface area contributed by atoms with Crippen LogP contribution in [0.2, 0.25) is 0 Å². The molecule has 1 N–H and O–H groups in total. The van der Waals surface area contributed by atoms with Crippen molar-refractivity contribution in [3.05, 3.63) is 17.9 Å². The number of aliphatic hydroxyl groups is 1. The van der Waals surface area contributed by atoms with Crippen molar-refractivity contribution < 1.29 is 5.11 Å². The molecule has 0 aliphatic rings. The van der Waals surface area contributed by atoms with Crippen LogP contribution in [0.4, 0.5) is 0 Å². The highest BCUT2D eigenvalue weighted by Crippen LogP contribution is 2.14. The Morgan fingerprint density at radius 3 is 2.33 bits per heavy atom. The lowest BCUT2D eigenvalue weighted by atomic mass is 10.0. The first-order valence-corrected chi connectivity index (χ1v) is 6.26. The normalized spacial score (nSPS) is 12.2. The number of unbranched alkanes of at least 4 members (excludes halogenated alkanes) is 5. The van der Waals surface area contributed by atoms with E-state index >= 15 is 0 Å². The van der Waals surface area contributed by atoms with Crippen molar-refractivity contribution in [3.63, 3.8) is 0 Å². The first-order valence-electron chi connectivity index (χ1n) is 6.26. The Balaban J connectivity index is 3.44. The molecule has 0 aromatic heterocycles. The van der Waals surface area contributed by atoms with E-state index in [0.717, 1.165) is 12.8 Å². The van der Waals surface area contributed by atoms with Crippen molar-refractivity contribution in [1.29, 1.82) is 0 Å². The molecule has 0 aliphatic heterocycles. The van der Waals surface area contributed by atoms with E-state index in [4.69, 9.17) is 0 Å². The van der Waals surface area contributed by atoms with Gasteiger partial charge < -0.3 is 5.11 Å². The average Bonchev–Trinajstić information content (AvgIpc) is 2.20. The predicted molar refractivity (Wildman–Crippen MR) is 66.9 cm³/mol. The molecular weight excluding hydrogens is 184 g/mol. The van der Waals surface area contributed by atoms with Gasteiger partial charge in [0.25, 0.3) is 0 Å². The minimum Gasteiger partial charge on any atom is -0.393 e. The van der Waals surface area contributed by atoms with E-state index in [1.807, 2.05) is 6.92 Å². The summed E-state index contributed by atoms with van der Waals surface area (Å²) in [6.07, 6.45) is 9.41. The first kappa shape index (κ1) is 14.5. The fraction of sp³-hybridized carbons (Fsp3) is 0.786. The zero-order chi connectivity index (χ0) is 11.5. The summed E-state index contributed by atoms with van der Waals surface area (Å²) in [5.41, 5.74) is 4.12. The SMILES string of the molecule is C=C=C(CCCCCCCC)CC(C)O. The number of rotatable bonds is 9. The third kappa shape index (κ3) is 9.78. The van der Waals surface area contributed by atoms with E-state index < -0.39 is 0 Å². The summed E-state index contributed by atoms with van der Waals surface area (Å²) < 4.78 is 0. The topological polar surface area (TPSA) is 20.2 Å². The molecule has 0 amide bonds. The molecule has 1 atom stereocenters. The summed E-state index contributed by atoms with van der Waals surface area (Å²) in [5.74, 6) is 0. The predicted octanol–water partition coefficient (Wildman–Crippen LogP) is 4.22. The molecule has 0 aromatic rings. The van der Waals surface area contributed by atoms with Crippen LogP contribution in [0.3, 0.4) is 0 Å². The molecule has 0 heterocycles. The van der Waals surface area contributed by atoms with E-state index in [9.17, 15) is 5.11 Å². The van der Waals surface area contributed by atoms with E-state index in [1.54, 1.807) is 0 Å². The maximum Gasteiger partial charge on any atom is 0.0555 e. The van der Waals surface area contributed by atoms with Crippen LogP contribution in [0.25, 0.3) is 0 Å². The van der Waals surface area contributed by atoms with Crippen molar-refractivity contribution in [2.24, 2.45) is 0 Å². The number of aliphatic hydroxyl groups excluding tert-OH is 1.